The molecule has 1 atom stereocenters. The van der Waals surface area contributed by atoms with Gasteiger partial charge in [-0.3, -0.25) is 0 Å². The van der Waals surface area contributed by atoms with Crippen molar-refractivity contribution in [3.05, 3.63) is 0 Å². The van der Waals surface area contributed by atoms with Gasteiger partial charge in [0.1, 0.15) is 0 Å². The van der Waals surface area contributed by atoms with Crippen LogP contribution in [0.5, 0.6) is 0 Å². The van der Waals surface area contributed by atoms with E-state index in [1.54, 1.807) is 0 Å². The van der Waals surface area contributed by atoms with Crippen molar-refractivity contribution in [3.63, 3.8) is 0 Å². The summed E-state index contributed by atoms with van der Waals surface area (Å²) in [6.07, 6.45) is 0. The van der Waals surface area contributed by atoms with Crippen molar-refractivity contribution in [1.82, 2.24) is 0 Å². The first-order chi connectivity index (χ1) is 1.00. The van der Waals surface area contributed by atoms with Crippen LogP contribution in [0.15, 0.2) is 0 Å². The van der Waals surface area contributed by atoms with Crippen molar-refractivity contribution in [2.45, 2.75) is 0 Å². The molecule has 0 heterocycles. The third kappa shape index (κ3) is 8.83. The minimum absolute atomic E-state index is 0. The van der Waals surface area contributed by atoms with Gasteiger partial charge in [-0.15, -0.1) is 0 Å². The van der Waals surface area contributed by atoms with Crippen molar-refractivity contribution in [1.29, 1.82) is 0 Å². The molecule has 0 fully saturated rings. The van der Waals surface area contributed by atoms with Crippen LogP contribution in [0.25, 0.3) is 0 Å². The summed E-state index contributed by atoms with van der Waals surface area (Å²) in [4.78, 5) is 0. The summed E-state index contributed by atoms with van der Waals surface area (Å²) < 4.78 is 0. The van der Waals surface area contributed by atoms with E-state index in [-0.39, 0.29) is 39.6 Å². The van der Waals surface area contributed by atoms with E-state index in [0.29, 0.717) is 0 Å². The molecular weight excluding hydrogens is 362 g/mol. The first-order valence-electron chi connectivity index (χ1n) is 0.236. The molecule has 0 rings (SSSR count). The summed E-state index contributed by atoms with van der Waals surface area (Å²) in [7, 11) is 2.43. The van der Waals surface area contributed by atoms with Crippen LogP contribution >= 0.6 is 7.33 Å². The van der Waals surface area contributed by atoms with E-state index in [4.69, 9.17) is 0 Å². The van der Waals surface area contributed by atoms with Gasteiger partial charge in [0.25, 0.3) is 0 Å². The molecule has 1 unspecified atom stereocenters. The second kappa shape index (κ2) is 18.2. The van der Waals surface area contributed by atoms with Gasteiger partial charge >= 0.3 is 26.6 Å². The van der Waals surface area contributed by atoms with E-state index >= 15 is 0 Å². The van der Waals surface area contributed by atoms with Gasteiger partial charge in [0.05, 0.1) is 0 Å². The molecule has 24 valence electrons. The summed E-state index contributed by atoms with van der Waals surface area (Å²) in [6, 6.07) is 0. The second-order valence-corrected chi connectivity index (χ2v) is 0. The molecule has 0 nitrogen and oxygen atoms in total. The SMILES string of the molecule is [PH2][Mo].[V].[W]. The van der Waals surface area contributed by atoms with Gasteiger partial charge < -0.3 is 0 Å². The van der Waals surface area contributed by atoms with Crippen molar-refractivity contribution >= 4 is 7.33 Å². The molecule has 4 heteroatoms. The van der Waals surface area contributed by atoms with Gasteiger partial charge in [0.2, 0.25) is 0 Å². The maximum absolute atomic E-state index is 2.43. The summed E-state index contributed by atoms with van der Waals surface area (Å²) in [5.41, 5.74) is 0. The van der Waals surface area contributed by atoms with Crippen LogP contribution < -0.4 is 0 Å². The molecule has 0 aromatic heterocycles. The van der Waals surface area contributed by atoms with E-state index in [1.807, 2.05) is 19.3 Å². The Kier molecular flexibility index (Phi) is 73.4. The van der Waals surface area contributed by atoms with Gasteiger partial charge in [-0.25, -0.2) is 0 Å². The van der Waals surface area contributed by atoms with Crippen LogP contribution in [0, 0.1) is 0 Å². The van der Waals surface area contributed by atoms with Crippen LogP contribution in [0.1, 0.15) is 0 Å². The Morgan fingerprint density at radius 3 is 1.25 bits per heavy atom. The van der Waals surface area contributed by atoms with E-state index in [0.717, 1.165) is 0 Å². The maximum Gasteiger partial charge on any atom is 0 e. The van der Waals surface area contributed by atoms with Crippen LogP contribution in [0.3, 0.4) is 0 Å². The molecule has 0 aromatic rings. The summed E-state index contributed by atoms with van der Waals surface area (Å²) in [6.45, 7) is 0. The topological polar surface area (TPSA) is 0 Å². The molecule has 0 aliphatic rings. The van der Waals surface area contributed by atoms with E-state index < -0.39 is 0 Å². The molecule has 1 radical (unpaired) electrons. The Balaban J connectivity index is -0.00000000500. The van der Waals surface area contributed by atoms with Gasteiger partial charge in [-0.05, 0) is 0 Å². The maximum atomic E-state index is 2.43. The molecule has 0 aliphatic carbocycles. The molecule has 0 aliphatic heterocycles. The molecular formula is H2MoPVW. The molecule has 0 bridgehead atoms. The molecule has 0 aromatic carbocycles. The van der Waals surface area contributed by atoms with E-state index in [1.165, 1.54) is 0 Å². The molecule has 0 spiro atoms. The first kappa shape index (κ1) is 16.2. The fourth-order valence-corrected chi connectivity index (χ4v) is 0. The Hall–Kier alpha value is 2.39. The van der Waals surface area contributed by atoms with E-state index in [2.05, 4.69) is 7.33 Å². The Morgan fingerprint density at radius 2 is 1.25 bits per heavy atom. The molecule has 0 amide bonds. The normalized spacial score (nSPS) is 1.25. The quantitative estimate of drug-likeness (QED) is 0.429. The predicted octanol–water partition coefficient (Wildman–Crippen LogP) is 0.318. The Morgan fingerprint density at radius 1 is 1.25 bits per heavy atom. The fraction of sp³-hybridized carbons (Fsp3) is 0. The number of hydrogen-bond acceptors (Lipinski definition) is 0. The zero-order valence-electron chi connectivity index (χ0n) is 1.84. The van der Waals surface area contributed by atoms with Crippen molar-refractivity contribution < 1.29 is 58.9 Å². The first-order valence-corrected chi connectivity index (χ1v) is 4.18. The van der Waals surface area contributed by atoms with Gasteiger partial charge in [-0.1, -0.05) is 0 Å². The van der Waals surface area contributed by atoms with Crippen molar-refractivity contribution in [2.24, 2.45) is 0 Å². The minimum Gasteiger partial charge on any atom is 0 e. The second-order valence-electron chi connectivity index (χ2n) is 0. The monoisotopic (exact) mass is 366 g/mol. The summed E-state index contributed by atoms with van der Waals surface area (Å²) in [5.74, 6) is 0. The predicted molar refractivity (Wildman–Crippen MR) is 9.71 cm³/mol. The van der Waals surface area contributed by atoms with Gasteiger partial charge in [0.15, 0.2) is 0 Å². The van der Waals surface area contributed by atoms with Crippen LogP contribution in [0.2, 0.25) is 0 Å². The average Bonchev–Trinajstić information content (AvgIpc) is 1.00. The largest absolute Gasteiger partial charge is 0 e. The van der Waals surface area contributed by atoms with Crippen molar-refractivity contribution in [3.8, 4) is 0 Å². The molecule has 0 N–H and O–H groups in total. The van der Waals surface area contributed by atoms with Crippen LogP contribution in [0.4, 0.5) is 0 Å². The zero-order chi connectivity index (χ0) is 2.00. The van der Waals surface area contributed by atoms with E-state index in [9.17, 15) is 0 Å². The molecule has 0 saturated heterocycles. The van der Waals surface area contributed by atoms with Crippen LogP contribution in [-0.4, -0.2) is 0 Å². The fourth-order valence-electron chi connectivity index (χ4n) is 0. The molecule has 4 heavy (non-hydrogen) atoms. The Labute approximate surface area is 65.6 Å². The minimum atomic E-state index is 0. The standard InChI is InChI=1S/Mo.H2P.V.W/h;1H2;;/q+1;-1;;. The third-order valence-electron chi connectivity index (χ3n) is 0. The van der Waals surface area contributed by atoms with Crippen LogP contribution in [-0.2, 0) is 58.9 Å². The third-order valence-corrected chi connectivity index (χ3v) is 0. The van der Waals surface area contributed by atoms with Crippen molar-refractivity contribution in [2.75, 3.05) is 0 Å². The summed E-state index contributed by atoms with van der Waals surface area (Å²) in [5, 5.41) is 0. The number of rotatable bonds is 0. The summed E-state index contributed by atoms with van der Waals surface area (Å²) >= 11 is 1.87. The smallest absolute Gasteiger partial charge is 0 e. The van der Waals surface area contributed by atoms with Gasteiger partial charge in [0, 0.05) is 39.6 Å². The molecule has 0 saturated carbocycles. The zero-order valence-corrected chi connectivity index (χ0v) is 9.33. The number of hydrogen-bond donors (Lipinski definition) is 0. The average molecular weight is 364 g/mol. The Bertz CT molecular complexity index is 8.00. The van der Waals surface area contributed by atoms with Gasteiger partial charge in [-0.2, -0.15) is 0 Å².